The van der Waals surface area contributed by atoms with Crippen LogP contribution >= 0.6 is 0 Å². The topological polar surface area (TPSA) is 24.9 Å². The molecule has 0 aliphatic carbocycles. The highest BCUT2D eigenvalue weighted by Gasteiger charge is 2.39. The van der Waals surface area contributed by atoms with Crippen LogP contribution in [0.2, 0.25) is 24.7 Å². The predicted molar refractivity (Wildman–Crippen MR) is 100 cm³/mol. The molecule has 0 atom stereocenters. The zero-order valence-electron chi connectivity index (χ0n) is 15.8. The van der Waals surface area contributed by atoms with Gasteiger partial charge in [-0.05, 0) is 38.5 Å². The molecule has 1 heterocycles. The van der Waals surface area contributed by atoms with Crippen LogP contribution in [0, 0.1) is 0 Å². The summed E-state index contributed by atoms with van der Waals surface area (Å²) in [7, 11) is -3.19. The van der Waals surface area contributed by atoms with Crippen LogP contribution in [0.3, 0.4) is 0 Å². The molecule has 0 aromatic carbocycles. The van der Waals surface area contributed by atoms with Crippen LogP contribution in [-0.4, -0.2) is 71.8 Å². The van der Waals surface area contributed by atoms with Gasteiger partial charge >= 0.3 is 8.56 Å². The third-order valence-corrected chi connectivity index (χ3v) is 14.0. The third kappa shape index (κ3) is 5.14. The predicted octanol–water partition coefficient (Wildman–Crippen LogP) is 3.29. The van der Waals surface area contributed by atoms with Gasteiger partial charge in [-0.15, -0.1) is 0 Å². The van der Waals surface area contributed by atoms with Crippen molar-refractivity contribution >= 4 is 16.8 Å². The Hall–Kier alpha value is 0.274. The molecule has 1 saturated heterocycles. The summed E-state index contributed by atoms with van der Waals surface area (Å²) in [6.07, 6.45) is 1.02. The monoisotopic (exact) mass is 346 g/mol. The van der Waals surface area contributed by atoms with Gasteiger partial charge in [-0.25, -0.2) is 0 Å². The highest BCUT2D eigenvalue weighted by Crippen LogP contribution is 2.26. The van der Waals surface area contributed by atoms with E-state index in [2.05, 4.69) is 50.6 Å². The second-order valence-corrected chi connectivity index (χ2v) is 14.9. The van der Waals surface area contributed by atoms with Crippen LogP contribution in [0.1, 0.15) is 34.6 Å². The number of hydrogen-bond acceptors (Lipinski definition) is 4. The Kier molecular flexibility index (Phi) is 8.81. The van der Waals surface area contributed by atoms with Crippen molar-refractivity contribution in [3.8, 4) is 0 Å². The van der Waals surface area contributed by atoms with Crippen LogP contribution in [0.5, 0.6) is 0 Å². The Balaban J connectivity index is 2.57. The molecule has 0 saturated carbocycles. The molecule has 0 bridgehead atoms. The lowest BCUT2D eigenvalue weighted by molar-refractivity contribution is 0.144. The Morgan fingerprint density at radius 2 is 1.23 bits per heavy atom. The molecule has 1 aliphatic heterocycles. The van der Waals surface area contributed by atoms with E-state index >= 15 is 0 Å². The maximum absolute atomic E-state index is 6.00. The van der Waals surface area contributed by atoms with Crippen molar-refractivity contribution in [2.75, 3.05) is 45.6 Å². The summed E-state index contributed by atoms with van der Waals surface area (Å²) in [6.45, 7) is 19.9. The fourth-order valence-electron chi connectivity index (χ4n) is 3.95. The van der Waals surface area contributed by atoms with Gasteiger partial charge in [0.1, 0.15) is 8.24 Å². The van der Waals surface area contributed by atoms with Crippen molar-refractivity contribution in [1.29, 1.82) is 0 Å². The molecule has 132 valence electrons. The summed E-state index contributed by atoms with van der Waals surface area (Å²) < 4.78 is 14.9. The van der Waals surface area contributed by atoms with Crippen LogP contribution in [-0.2, 0) is 8.85 Å². The second kappa shape index (κ2) is 9.54. The zero-order chi connectivity index (χ0) is 16.6. The lowest BCUT2D eigenvalue weighted by Gasteiger charge is -2.46. The van der Waals surface area contributed by atoms with E-state index in [-0.39, 0.29) is 0 Å². The van der Waals surface area contributed by atoms with Crippen molar-refractivity contribution in [1.82, 2.24) is 9.47 Å². The summed E-state index contributed by atoms with van der Waals surface area (Å²) in [4.78, 5) is 2.58. The van der Waals surface area contributed by atoms with Gasteiger partial charge in [-0.2, -0.15) is 0 Å². The molecule has 0 aromatic heterocycles. The minimum atomic E-state index is -2.01. The second-order valence-electron chi connectivity index (χ2n) is 6.55. The van der Waals surface area contributed by atoms with Gasteiger partial charge in [0.15, 0.2) is 0 Å². The highest BCUT2D eigenvalue weighted by molar-refractivity contribution is 6.77. The molecule has 1 fully saturated rings. The molecule has 22 heavy (non-hydrogen) atoms. The number of piperazine rings is 1. The average molecular weight is 347 g/mol. The average Bonchev–Trinajstić information content (AvgIpc) is 2.51. The van der Waals surface area contributed by atoms with Crippen molar-refractivity contribution in [2.45, 2.75) is 59.3 Å². The standard InChI is InChI=1S/C16H38N2O2Si2/c1-7-19-21(6,20-8-2)16-17-12-14-18(15-13-17)22(9-3,10-4)11-5/h7-16H2,1-6H3. The van der Waals surface area contributed by atoms with Gasteiger partial charge in [0.05, 0.1) is 0 Å². The van der Waals surface area contributed by atoms with Gasteiger partial charge in [0.25, 0.3) is 0 Å². The molecular weight excluding hydrogens is 308 g/mol. The van der Waals surface area contributed by atoms with E-state index < -0.39 is 16.8 Å². The first kappa shape index (κ1) is 20.3. The number of hydrogen-bond donors (Lipinski definition) is 0. The first-order valence-corrected chi connectivity index (χ1v) is 14.3. The quantitative estimate of drug-likeness (QED) is 0.567. The minimum absolute atomic E-state index is 0.764. The van der Waals surface area contributed by atoms with Crippen LogP contribution in [0.15, 0.2) is 0 Å². The molecular formula is C16H38N2O2Si2. The Bertz CT molecular complexity index is 292. The largest absolute Gasteiger partial charge is 0.394 e. The van der Waals surface area contributed by atoms with E-state index in [0.29, 0.717) is 0 Å². The maximum Gasteiger partial charge on any atom is 0.349 e. The molecule has 0 N–H and O–H groups in total. The molecule has 4 nitrogen and oxygen atoms in total. The van der Waals surface area contributed by atoms with Crippen molar-refractivity contribution in [2.24, 2.45) is 0 Å². The summed E-state index contributed by atoms with van der Waals surface area (Å²) in [5.74, 6) is 0. The molecule has 0 spiro atoms. The normalized spacial score (nSPS) is 18.8. The van der Waals surface area contributed by atoms with E-state index in [1.807, 2.05) is 0 Å². The smallest absolute Gasteiger partial charge is 0.349 e. The van der Waals surface area contributed by atoms with Crippen LogP contribution in [0.25, 0.3) is 0 Å². The third-order valence-electron chi connectivity index (χ3n) is 5.43. The summed E-state index contributed by atoms with van der Waals surface area (Å²) >= 11 is 0. The fourth-order valence-corrected chi connectivity index (χ4v) is 10.6. The van der Waals surface area contributed by atoms with Crippen LogP contribution < -0.4 is 0 Å². The van der Waals surface area contributed by atoms with E-state index in [1.165, 1.54) is 44.3 Å². The first-order valence-electron chi connectivity index (χ1n) is 9.24. The summed E-state index contributed by atoms with van der Waals surface area (Å²) in [5, 5.41) is 0. The van der Waals surface area contributed by atoms with Gasteiger partial charge in [-0.1, -0.05) is 20.8 Å². The minimum Gasteiger partial charge on any atom is -0.394 e. The highest BCUT2D eigenvalue weighted by atomic mass is 28.4. The lowest BCUT2D eigenvalue weighted by atomic mass is 10.4. The lowest BCUT2D eigenvalue weighted by Crippen LogP contribution is -2.62. The molecule has 0 radical (unpaired) electrons. The Morgan fingerprint density at radius 3 is 1.59 bits per heavy atom. The van der Waals surface area contributed by atoms with E-state index in [9.17, 15) is 0 Å². The van der Waals surface area contributed by atoms with E-state index in [4.69, 9.17) is 8.85 Å². The van der Waals surface area contributed by atoms with Gasteiger partial charge in [0.2, 0.25) is 0 Å². The molecule has 1 aliphatic rings. The molecule has 0 aromatic rings. The van der Waals surface area contributed by atoms with Gasteiger partial charge in [-0.3, -0.25) is 4.90 Å². The van der Waals surface area contributed by atoms with Crippen molar-refractivity contribution in [3.63, 3.8) is 0 Å². The summed E-state index contributed by atoms with van der Waals surface area (Å²) in [6, 6.07) is 4.18. The Morgan fingerprint density at radius 1 is 0.773 bits per heavy atom. The van der Waals surface area contributed by atoms with Gasteiger partial charge < -0.3 is 13.4 Å². The van der Waals surface area contributed by atoms with Crippen LogP contribution in [0.4, 0.5) is 0 Å². The number of nitrogens with zero attached hydrogens (tertiary/aromatic N) is 2. The number of rotatable bonds is 10. The zero-order valence-corrected chi connectivity index (χ0v) is 17.8. The van der Waals surface area contributed by atoms with Crippen molar-refractivity contribution in [3.05, 3.63) is 0 Å². The molecule has 0 unspecified atom stereocenters. The summed E-state index contributed by atoms with van der Waals surface area (Å²) in [5.41, 5.74) is 0. The Labute approximate surface area is 140 Å². The fraction of sp³-hybridized carbons (Fsp3) is 1.00. The SMILES string of the molecule is CCO[Si](C)(CN1CCN([Si](CC)(CC)CC)CC1)OCC. The molecule has 6 heteroatoms. The van der Waals surface area contributed by atoms with E-state index in [1.54, 1.807) is 0 Å². The first-order chi connectivity index (χ1) is 10.5. The van der Waals surface area contributed by atoms with Crippen molar-refractivity contribution < 1.29 is 8.85 Å². The van der Waals surface area contributed by atoms with Gasteiger partial charge in [0, 0.05) is 45.6 Å². The molecule has 1 rings (SSSR count). The van der Waals surface area contributed by atoms with E-state index in [0.717, 1.165) is 19.4 Å². The molecule has 0 amide bonds. The maximum atomic E-state index is 6.00.